The molecule has 3 rings (SSSR count). The van der Waals surface area contributed by atoms with Crippen LogP contribution in [0.25, 0.3) is 10.9 Å². The molecule has 0 saturated heterocycles. The number of fused-ring (bicyclic) bond motifs is 1. The number of hydrogen-bond donors (Lipinski definition) is 3. The number of amides is 1. The van der Waals surface area contributed by atoms with Gasteiger partial charge in [-0.1, -0.05) is 11.6 Å². The number of hydrogen-bond acceptors (Lipinski definition) is 7. The van der Waals surface area contributed by atoms with Crippen molar-refractivity contribution in [2.24, 2.45) is 0 Å². The number of nitro groups is 1. The van der Waals surface area contributed by atoms with E-state index in [2.05, 4.69) is 20.7 Å². The lowest BCUT2D eigenvalue weighted by atomic mass is 10.2. The zero-order valence-corrected chi connectivity index (χ0v) is 15.8. The Kier molecular flexibility index (Phi) is 5.07. The summed E-state index contributed by atoms with van der Waals surface area (Å²) in [4.78, 5) is 22.9. The van der Waals surface area contributed by atoms with Gasteiger partial charge in [-0.2, -0.15) is 9.78 Å². The summed E-state index contributed by atoms with van der Waals surface area (Å²) < 4.78 is 25.6. The van der Waals surface area contributed by atoms with Gasteiger partial charge in [0.1, 0.15) is 0 Å². The van der Waals surface area contributed by atoms with Gasteiger partial charge in [0, 0.05) is 16.8 Å². The highest BCUT2D eigenvalue weighted by Crippen LogP contribution is 2.29. The van der Waals surface area contributed by atoms with Gasteiger partial charge in [-0.3, -0.25) is 20.3 Å². The molecule has 11 nitrogen and oxygen atoms in total. The maximum Gasteiger partial charge on any atom is 0.361 e. The SMILES string of the molecule is CS(=O)(=O)Nc1ccc(NNC(=O)n2ncc3c([N+](=O)[O-])cc(Cl)cc32)cc1. The molecule has 0 aliphatic carbocycles. The Morgan fingerprint density at radius 2 is 1.86 bits per heavy atom. The molecule has 1 heterocycles. The molecule has 0 aliphatic rings. The maximum atomic E-state index is 12.4. The van der Waals surface area contributed by atoms with Crippen LogP contribution in [0.2, 0.25) is 5.02 Å². The van der Waals surface area contributed by atoms with Crippen molar-refractivity contribution in [1.82, 2.24) is 15.2 Å². The van der Waals surface area contributed by atoms with Gasteiger partial charge in [-0.25, -0.2) is 18.6 Å². The van der Waals surface area contributed by atoms with E-state index in [1.807, 2.05) is 0 Å². The number of halogens is 1. The van der Waals surface area contributed by atoms with E-state index >= 15 is 0 Å². The Hall–Kier alpha value is -3.38. The fourth-order valence-corrected chi connectivity index (χ4v) is 3.17. The molecule has 3 N–H and O–H groups in total. The zero-order chi connectivity index (χ0) is 20.5. The lowest BCUT2D eigenvalue weighted by Gasteiger charge is -2.10. The molecule has 2 aromatic carbocycles. The molecular weight excluding hydrogens is 412 g/mol. The number of benzene rings is 2. The monoisotopic (exact) mass is 424 g/mol. The summed E-state index contributed by atoms with van der Waals surface area (Å²) in [7, 11) is -3.39. The minimum atomic E-state index is -3.39. The van der Waals surface area contributed by atoms with E-state index in [1.165, 1.54) is 42.6 Å². The van der Waals surface area contributed by atoms with Gasteiger partial charge in [-0.05, 0) is 30.3 Å². The molecule has 3 aromatic rings. The predicted octanol–water partition coefficient (Wildman–Crippen LogP) is 2.55. The Bertz CT molecular complexity index is 1180. The van der Waals surface area contributed by atoms with E-state index < -0.39 is 21.0 Å². The van der Waals surface area contributed by atoms with Crippen LogP contribution in [0.3, 0.4) is 0 Å². The van der Waals surface area contributed by atoms with E-state index in [1.54, 1.807) is 0 Å². The fourth-order valence-electron chi connectivity index (χ4n) is 2.40. The molecule has 0 fully saturated rings. The number of hydrazine groups is 1. The quantitative estimate of drug-likeness (QED) is 0.421. The Morgan fingerprint density at radius 1 is 1.21 bits per heavy atom. The molecule has 0 aliphatic heterocycles. The third-order valence-electron chi connectivity index (χ3n) is 3.52. The average Bonchev–Trinajstić information content (AvgIpc) is 3.02. The van der Waals surface area contributed by atoms with Gasteiger partial charge < -0.3 is 0 Å². The van der Waals surface area contributed by atoms with E-state index in [0.717, 1.165) is 10.9 Å². The molecule has 28 heavy (non-hydrogen) atoms. The van der Waals surface area contributed by atoms with Crippen LogP contribution in [0.1, 0.15) is 0 Å². The number of nitrogens with one attached hydrogen (secondary N) is 3. The first-order chi connectivity index (χ1) is 13.1. The lowest BCUT2D eigenvalue weighted by molar-refractivity contribution is -0.383. The van der Waals surface area contributed by atoms with Crippen molar-refractivity contribution in [2.45, 2.75) is 0 Å². The Labute approximate surface area is 163 Å². The van der Waals surface area contributed by atoms with Crippen molar-refractivity contribution in [1.29, 1.82) is 0 Å². The third kappa shape index (κ3) is 4.29. The number of rotatable bonds is 5. The number of nitrogens with zero attached hydrogens (tertiary/aromatic N) is 3. The molecular formula is C15H13ClN6O5S. The minimum absolute atomic E-state index is 0.0932. The zero-order valence-electron chi connectivity index (χ0n) is 14.2. The molecule has 146 valence electrons. The van der Waals surface area contributed by atoms with Crippen molar-refractivity contribution >= 4 is 55.6 Å². The standard InChI is InChI=1S/C15H13ClN6O5S/c1-28(26,27)20-11-4-2-10(3-5-11)18-19-15(23)21-13-6-9(16)7-14(22(24)25)12(13)8-17-21/h2-8,18,20H,1H3,(H,19,23). The van der Waals surface area contributed by atoms with Crippen molar-refractivity contribution in [3.8, 4) is 0 Å². The topological polar surface area (TPSA) is 148 Å². The molecule has 1 aromatic heterocycles. The number of anilines is 2. The Balaban J connectivity index is 1.76. The van der Waals surface area contributed by atoms with Gasteiger partial charge in [-0.15, -0.1) is 0 Å². The molecule has 0 radical (unpaired) electrons. The van der Waals surface area contributed by atoms with Crippen molar-refractivity contribution in [3.05, 3.63) is 57.7 Å². The van der Waals surface area contributed by atoms with Crippen molar-refractivity contribution in [3.63, 3.8) is 0 Å². The molecule has 0 bridgehead atoms. The molecule has 1 amide bonds. The molecule has 0 spiro atoms. The van der Waals surface area contributed by atoms with Gasteiger partial charge >= 0.3 is 6.03 Å². The smallest absolute Gasteiger partial charge is 0.297 e. The Morgan fingerprint density at radius 3 is 2.46 bits per heavy atom. The molecule has 0 unspecified atom stereocenters. The molecule has 13 heteroatoms. The highest BCUT2D eigenvalue weighted by Gasteiger charge is 2.19. The van der Waals surface area contributed by atoms with Crippen LogP contribution < -0.4 is 15.6 Å². The van der Waals surface area contributed by atoms with Gasteiger partial charge in [0.15, 0.2) is 0 Å². The maximum absolute atomic E-state index is 12.4. The summed E-state index contributed by atoms with van der Waals surface area (Å²) in [5, 5.41) is 15.3. The van der Waals surface area contributed by atoms with Crippen LogP contribution in [-0.2, 0) is 10.0 Å². The highest BCUT2D eigenvalue weighted by atomic mass is 35.5. The first kappa shape index (κ1) is 19.4. The van der Waals surface area contributed by atoms with Gasteiger partial charge in [0.05, 0.1) is 34.0 Å². The normalized spacial score (nSPS) is 11.2. The average molecular weight is 425 g/mol. The summed E-state index contributed by atoms with van der Waals surface area (Å²) >= 11 is 5.89. The van der Waals surface area contributed by atoms with Crippen LogP contribution in [0, 0.1) is 10.1 Å². The van der Waals surface area contributed by atoms with E-state index in [9.17, 15) is 23.3 Å². The first-order valence-corrected chi connectivity index (χ1v) is 9.87. The van der Waals surface area contributed by atoms with E-state index in [0.29, 0.717) is 11.4 Å². The van der Waals surface area contributed by atoms with Crippen LogP contribution in [-0.4, -0.2) is 35.4 Å². The summed E-state index contributed by atoms with van der Waals surface area (Å²) in [6.45, 7) is 0. The van der Waals surface area contributed by atoms with E-state index in [4.69, 9.17) is 11.6 Å². The number of nitro benzene ring substituents is 1. The predicted molar refractivity (Wildman–Crippen MR) is 104 cm³/mol. The second-order valence-electron chi connectivity index (χ2n) is 5.68. The second-order valence-corrected chi connectivity index (χ2v) is 7.86. The second kappa shape index (κ2) is 7.32. The third-order valence-corrected chi connectivity index (χ3v) is 4.35. The summed E-state index contributed by atoms with van der Waals surface area (Å²) in [5.41, 5.74) is 5.76. The van der Waals surface area contributed by atoms with Crippen molar-refractivity contribution < 1.29 is 18.1 Å². The van der Waals surface area contributed by atoms with Crippen LogP contribution in [0.5, 0.6) is 0 Å². The summed E-state index contributed by atoms with van der Waals surface area (Å²) in [5.74, 6) is 0. The highest BCUT2D eigenvalue weighted by molar-refractivity contribution is 7.92. The first-order valence-electron chi connectivity index (χ1n) is 7.60. The number of non-ortho nitro benzene ring substituents is 1. The fraction of sp³-hybridized carbons (Fsp3) is 0.0667. The van der Waals surface area contributed by atoms with E-state index in [-0.39, 0.29) is 21.6 Å². The van der Waals surface area contributed by atoms with Gasteiger partial charge in [0.2, 0.25) is 10.0 Å². The van der Waals surface area contributed by atoms with Crippen molar-refractivity contribution in [2.75, 3.05) is 16.4 Å². The van der Waals surface area contributed by atoms with Crippen LogP contribution in [0.15, 0.2) is 42.6 Å². The number of aromatic nitrogens is 2. The van der Waals surface area contributed by atoms with Crippen LogP contribution >= 0.6 is 11.6 Å². The summed E-state index contributed by atoms with van der Waals surface area (Å²) in [6.07, 6.45) is 2.24. The number of sulfonamides is 1. The molecule has 0 saturated carbocycles. The number of carbonyl (C=O) groups is 1. The summed E-state index contributed by atoms with van der Waals surface area (Å²) in [6, 6.07) is 7.95. The molecule has 0 atom stereocenters. The largest absolute Gasteiger partial charge is 0.361 e. The van der Waals surface area contributed by atoms with Gasteiger partial charge in [0.25, 0.3) is 5.69 Å². The minimum Gasteiger partial charge on any atom is -0.297 e. The van der Waals surface area contributed by atoms with Crippen LogP contribution in [0.4, 0.5) is 21.9 Å². The lowest BCUT2D eigenvalue weighted by Crippen LogP contribution is -2.33. The number of carbonyl (C=O) groups excluding carboxylic acids is 1.